The molecule has 2 aromatic carbocycles. The molecule has 0 spiro atoms. The molecule has 0 atom stereocenters. The molecule has 0 bridgehead atoms. The van der Waals surface area contributed by atoms with Crippen LogP contribution in [0.15, 0.2) is 42.5 Å². The quantitative estimate of drug-likeness (QED) is 0.704. The molecule has 7 nitrogen and oxygen atoms in total. The molecule has 0 unspecified atom stereocenters. The molecule has 2 heterocycles. The van der Waals surface area contributed by atoms with Crippen LogP contribution < -0.4 is 15.0 Å². The van der Waals surface area contributed by atoms with Crippen LogP contribution in [0.3, 0.4) is 0 Å². The lowest BCUT2D eigenvalue weighted by Crippen LogP contribution is -2.50. The minimum atomic E-state index is -0.424. The fourth-order valence-corrected chi connectivity index (χ4v) is 3.36. The van der Waals surface area contributed by atoms with Crippen LogP contribution >= 0.6 is 11.6 Å². The predicted octanol–water partition coefficient (Wildman–Crippen LogP) is 3.79. The number of hydrogen-bond donors (Lipinski definition) is 1. The van der Waals surface area contributed by atoms with Crippen molar-refractivity contribution < 1.29 is 13.9 Å². The number of halogens is 2. The molecule has 2 amide bonds. The first-order valence-corrected chi connectivity index (χ1v) is 9.49. The molecule has 3 aromatic rings. The minimum Gasteiger partial charge on any atom is -0.478 e. The van der Waals surface area contributed by atoms with Crippen LogP contribution in [0.2, 0.25) is 5.02 Å². The summed E-state index contributed by atoms with van der Waals surface area (Å²) in [6, 6.07) is 11.4. The topological polar surface area (TPSA) is 70.6 Å². The van der Waals surface area contributed by atoms with Gasteiger partial charge in [-0.1, -0.05) is 11.6 Å². The van der Waals surface area contributed by atoms with Gasteiger partial charge in [-0.3, -0.25) is 5.32 Å². The van der Waals surface area contributed by atoms with Crippen molar-refractivity contribution in [3.05, 3.63) is 53.3 Å². The number of carbonyl (C=O) groups excluding carboxylic acids is 1. The van der Waals surface area contributed by atoms with Crippen molar-refractivity contribution >= 4 is 40.2 Å². The maximum Gasteiger partial charge on any atom is 0.323 e. The largest absolute Gasteiger partial charge is 0.478 e. The first-order chi connectivity index (χ1) is 14.0. The zero-order chi connectivity index (χ0) is 20.4. The number of aromatic nitrogens is 2. The van der Waals surface area contributed by atoms with Crippen molar-refractivity contribution in [3.63, 3.8) is 0 Å². The van der Waals surface area contributed by atoms with E-state index in [2.05, 4.69) is 20.2 Å². The maximum atomic E-state index is 13.5. The molecule has 1 saturated heterocycles. The van der Waals surface area contributed by atoms with Crippen LogP contribution in [-0.4, -0.2) is 54.2 Å². The lowest BCUT2D eigenvalue weighted by Gasteiger charge is -2.36. The average Bonchev–Trinajstić information content (AvgIpc) is 2.74. The number of rotatable bonds is 3. The van der Waals surface area contributed by atoms with Crippen LogP contribution in [0.4, 0.5) is 20.7 Å². The van der Waals surface area contributed by atoms with E-state index in [4.69, 9.17) is 16.3 Å². The van der Waals surface area contributed by atoms with Gasteiger partial charge in [0.15, 0.2) is 5.82 Å². The van der Waals surface area contributed by atoms with Crippen molar-refractivity contribution in [3.8, 4) is 5.88 Å². The van der Waals surface area contributed by atoms with Crippen molar-refractivity contribution in [2.75, 3.05) is 43.5 Å². The Bertz CT molecular complexity index is 1040. The standard InChI is InChI=1S/C20H19ClFN5O2/c1-29-19-18(23-17-12-14(22)4-7-16(17)24-19)25-20(28)27-10-8-26(9-11-27)15-5-2-13(21)3-6-15/h2-7,12H,8-11H2,1H3,(H,23,25,28). The fraction of sp³-hybridized carbons (Fsp3) is 0.250. The lowest BCUT2D eigenvalue weighted by atomic mass is 10.2. The zero-order valence-electron chi connectivity index (χ0n) is 15.7. The number of piperazine rings is 1. The summed E-state index contributed by atoms with van der Waals surface area (Å²) in [5, 5.41) is 3.43. The summed E-state index contributed by atoms with van der Waals surface area (Å²) < 4.78 is 18.7. The van der Waals surface area contributed by atoms with Gasteiger partial charge in [0.1, 0.15) is 5.82 Å². The monoisotopic (exact) mass is 415 g/mol. The highest BCUT2D eigenvalue weighted by molar-refractivity contribution is 6.30. The van der Waals surface area contributed by atoms with Gasteiger partial charge in [-0.05, 0) is 36.4 Å². The summed E-state index contributed by atoms with van der Waals surface area (Å²) in [4.78, 5) is 25.2. The normalized spacial score (nSPS) is 14.2. The molecule has 0 radical (unpaired) electrons. The SMILES string of the molecule is COc1nc2ccc(F)cc2nc1NC(=O)N1CCN(c2ccc(Cl)cc2)CC1. The van der Waals surface area contributed by atoms with Crippen LogP contribution in [-0.2, 0) is 0 Å². The summed E-state index contributed by atoms with van der Waals surface area (Å²) in [7, 11) is 1.44. The third kappa shape index (κ3) is 4.17. The summed E-state index contributed by atoms with van der Waals surface area (Å²) >= 11 is 5.94. The third-order valence-electron chi connectivity index (χ3n) is 4.77. The number of anilines is 2. The number of carbonyl (C=O) groups is 1. The van der Waals surface area contributed by atoms with E-state index in [0.717, 1.165) is 5.69 Å². The van der Waals surface area contributed by atoms with Gasteiger partial charge in [-0.25, -0.2) is 19.2 Å². The Balaban J connectivity index is 1.45. The predicted molar refractivity (Wildman–Crippen MR) is 110 cm³/mol. The highest BCUT2D eigenvalue weighted by Gasteiger charge is 2.23. The number of urea groups is 1. The Morgan fingerprint density at radius 3 is 2.48 bits per heavy atom. The average molecular weight is 416 g/mol. The second-order valence-electron chi connectivity index (χ2n) is 6.60. The molecule has 9 heteroatoms. The Labute approximate surface area is 172 Å². The van der Waals surface area contributed by atoms with E-state index in [0.29, 0.717) is 42.2 Å². The van der Waals surface area contributed by atoms with Gasteiger partial charge in [-0.2, -0.15) is 0 Å². The number of hydrogen-bond acceptors (Lipinski definition) is 5. The van der Waals surface area contributed by atoms with E-state index >= 15 is 0 Å². The summed E-state index contributed by atoms with van der Waals surface area (Å²) in [6.45, 7) is 2.49. The molecule has 1 aliphatic heterocycles. The van der Waals surface area contributed by atoms with E-state index in [9.17, 15) is 9.18 Å². The van der Waals surface area contributed by atoms with Gasteiger partial charge < -0.3 is 14.5 Å². The Kier molecular flexibility index (Phi) is 5.35. The first kappa shape index (κ1) is 19.2. The van der Waals surface area contributed by atoms with Gasteiger partial charge in [-0.15, -0.1) is 0 Å². The summed E-state index contributed by atoms with van der Waals surface area (Å²) in [5.74, 6) is -0.0828. The lowest BCUT2D eigenvalue weighted by molar-refractivity contribution is 0.208. The summed E-state index contributed by atoms with van der Waals surface area (Å²) in [6.07, 6.45) is 0. The molecule has 1 aromatic heterocycles. The number of fused-ring (bicyclic) bond motifs is 1. The number of nitrogens with one attached hydrogen (secondary N) is 1. The highest BCUT2D eigenvalue weighted by atomic mass is 35.5. The van der Waals surface area contributed by atoms with Crippen molar-refractivity contribution in [2.24, 2.45) is 0 Å². The number of nitrogens with zero attached hydrogens (tertiary/aromatic N) is 4. The van der Waals surface area contributed by atoms with Gasteiger partial charge in [0, 0.05) is 43.0 Å². The number of methoxy groups -OCH3 is 1. The van der Waals surface area contributed by atoms with Crippen LogP contribution in [0.25, 0.3) is 11.0 Å². The number of amides is 2. The molecule has 4 rings (SSSR count). The van der Waals surface area contributed by atoms with Gasteiger partial charge in [0.05, 0.1) is 18.1 Å². The van der Waals surface area contributed by atoms with Gasteiger partial charge in [0.2, 0.25) is 0 Å². The van der Waals surface area contributed by atoms with E-state index in [1.165, 1.54) is 25.3 Å². The molecular weight excluding hydrogens is 397 g/mol. The van der Waals surface area contributed by atoms with Crippen molar-refractivity contribution in [2.45, 2.75) is 0 Å². The second-order valence-corrected chi connectivity index (χ2v) is 7.03. The van der Waals surface area contributed by atoms with E-state index in [-0.39, 0.29) is 17.7 Å². The Hall–Kier alpha value is -3.13. The molecule has 1 aliphatic rings. The number of ether oxygens (including phenoxy) is 1. The van der Waals surface area contributed by atoms with Crippen LogP contribution in [0.5, 0.6) is 5.88 Å². The fourth-order valence-electron chi connectivity index (χ4n) is 3.24. The number of benzene rings is 2. The van der Waals surface area contributed by atoms with Gasteiger partial charge in [0.25, 0.3) is 5.88 Å². The molecule has 0 aliphatic carbocycles. The molecule has 1 N–H and O–H groups in total. The van der Waals surface area contributed by atoms with E-state index in [1.54, 1.807) is 4.90 Å². The first-order valence-electron chi connectivity index (χ1n) is 9.11. The van der Waals surface area contributed by atoms with Crippen LogP contribution in [0, 0.1) is 5.82 Å². The smallest absolute Gasteiger partial charge is 0.323 e. The second kappa shape index (κ2) is 8.08. The van der Waals surface area contributed by atoms with Crippen molar-refractivity contribution in [1.29, 1.82) is 0 Å². The molecule has 29 heavy (non-hydrogen) atoms. The molecule has 150 valence electrons. The van der Waals surface area contributed by atoms with Crippen molar-refractivity contribution in [1.82, 2.24) is 14.9 Å². The summed E-state index contributed by atoms with van der Waals surface area (Å²) in [5.41, 5.74) is 1.89. The highest BCUT2D eigenvalue weighted by Crippen LogP contribution is 2.24. The molecule has 0 saturated carbocycles. The minimum absolute atomic E-state index is 0.163. The third-order valence-corrected chi connectivity index (χ3v) is 5.02. The zero-order valence-corrected chi connectivity index (χ0v) is 16.5. The Morgan fingerprint density at radius 2 is 1.79 bits per heavy atom. The molecule has 1 fully saturated rings. The molecular formula is C20H19ClFN5O2. The van der Waals surface area contributed by atoms with Crippen LogP contribution in [0.1, 0.15) is 0 Å². The Morgan fingerprint density at radius 1 is 1.07 bits per heavy atom. The van der Waals surface area contributed by atoms with Gasteiger partial charge >= 0.3 is 6.03 Å². The maximum absolute atomic E-state index is 13.5. The van der Waals surface area contributed by atoms with E-state index in [1.807, 2.05) is 24.3 Å². The van der Waals surface area contributed by atoms with E-state index < -0.39 is 5.82 Å².